The van der Waals surface area contributed by atoms with E-state index in [0.29, 0.717) is 18.1 Å². The Bertz CT molecular complexity index is 450. The molecule has 1 saturated heterocycles. The second-order valence-electron chi connectivity index (χ2n) is 4.79. The van der Waals surface area contributed by atoms with E-state index in [2.05, 4.69) is 15.6 Å². The molecule has 0 aromatic carbocycles. The molecule has 18 heavy (non-hydrogen) atoms. The smallest absolute Gasteiger partial charge is 0.270 e. The van der Waals surface area contributed by atoms with E-state index in [9.17, 15) is 4.79 Å². The number of aromatic nitrogens is 1. The zero-order valence-corrected chi connectivity index (χ0v) is 11.0. The second kappa shape index (κ2) is 4.94. The molecule has 2 N–H and O–H groups in total. The molecular formula is C13H19N3O2. The van der Waals surface area contributed by atoms with Gasteiger partial charge in [-0.15, -0.1) is 0 Å². The molecule has 0 saturated carbocycles. The Morgan fingerprint density at radius 3 is 2.94 bits per heavy atom. The summed E-state index contributed by atoms with van der Waals surface area (Å²) in [5.41, 5.74) is 0.108. The van der Waals surface area contributed by atoms with Gasteiger partial charge in [0.1, 0.15) is 11.5 Å². The average molecular weight is 249 g/mol. The summed E-state index contributed by atoms with van der Waals surface area (Å²) in [6.07, 6.45) is 0.847. The van der Waals surface area contributed by atoms with Gasteiger partial charge in [0, 0.05) is 13.7 Å². The quantitative estimate of drug-likeness (QED) is 0.850. The Kier molecular flexibility index (Phi) is 3.52. The summed E-state index contributed by atoms with van der Waals surface area (Å²) < 4.78 is 5.50. The highest BCUT2D eigenvalue weighted by Crippen LogP contribution is 2.25. The van der Waals surface area contributed by atoms with Crippen LogP contribution >= 0.6 is 0 Å². The van der Waals surface area contributed by atoms with Crippen LogP contribution in [-0.4, -0.2) is 36.2 Å². The van der Waals surface area contributed by atoms with Crippen LogP contribution in [0.2, 0.25) is 0 Å². The minimum atomic E-state index is -0.311. The number of nitrogens with one attached hydrogen (secondary N) is 2. The maximum atomic E-state index is 12.2. The van der Waals surface area contributed by atoms with Gasteiger partial charge in [0.2, 0.25) is 0 Å². The molecule has 1 aliphatic heterocycles. The highest BCUT2D eigenvalue weighted by Gasteiger charge is 2.38. The van der Waals surface area contributed by atoms with E-state index in [0.717, 1.165) is 6.42 Å². The molecule has 5 nitrogen and oxygen atoms in total. The van der Waals surface area contributed by atoms with E-state index in [1.54, 1.807) is 13.1 Å². The minimum absolute atomic E-state index is 0.0222. The number of nitrogens with zero attached hydrogens (tertiary/aromatic N) is 1. The van der Waals surface area contributed by atoms with E-state index in [1.165, 1.54) is 0 Å². The Hall–Kier alpha value is -1.62. The highest BCUT2D eigenvalue weighted by molar-refractivity contribution is 5.93. The van der Waals surface area contributed by atoms with Gasteiger partial charge in [-0.3, -0.25) is 4.79 Å². The lowest BCUT2D eigenvalue weighted by Gasteiger charge is -2.28. The van der Waals surface area contributed by atoms with Crippen molar-refractivity contribution in [3.8, 4) is 0 Å². The molecule has 1 amide bonds. The zero-order valence-electron chi connectivity index (χ0n) is 11.0. The fourth-order valence-electron chi connectivity index (χ4n) is 2.02. The number of carbonyl (C=O) groups excluding carboxylic acids is 1. The molecule has 1 aromatic heterocycles. The predicted molar refractivity (Wildman–Crippen MR) is 69.7 cm³/mol. The van der Waals surface area contributed by atoms with Crippen molar-refractivity contribution in [3.05, 3.63) is 23.9 Å². The molecular weight excluding hydrogens is 230 g/mol. The maximum absolute atomic E-state index is 12.2. The fourth-order valence-corrected chi connectivity index (χ4v) is 2.02. The van der Waals surface area contributed by atoms with Gasteiger partial charge in [0.05, 0.1) is 11.6 Å². The maximum Gasteiger partial charge on any atom is 0.270 e. The first-order valence-electron chi connectivity index (χ1n) is 6.14. The minimum Gasteiger partial charge on any atom is -0.376 e. The molecule has 98 valence electrons. The first kappa shape index (κ1) is 12.8. The third kappa shape index (κ3) is 2.46. The Labute approximate surface area is 107 Å². The van der Waals surface area contributed by atoms with Gasteiger partial charge in [-0.25, -0.2) is 4.98 Å². The standard InChI is InChI=1S/C13H19N3O2/c1-9-13(2,7-8-18-9)16-12(17)10-5-4-6-11(14-3)15-10/h4-6,9H,7-8H2,1-3H3,(H,14,15)(H,16,17). The van der Waals surface area contributed by atoms with Gasteiger partial charge < -0.3 is 15.4 Å². The SMILES string of the molecule is CNc1cccc(C(=O)NC2(C)CCOC2C)n1. The van der Waals surface area contributed by atoms with Crippen LogP contribution in [0.4, 0.5) is 5.82 Å². The summed E-state index contributed by atoms with van der Waals surface area (Å²) in [5, 5.41) is 5.94. The third-order valence-corrected chi connectivity index (χ3v) is 3.52. The lowest BCUT2D eigenvalue weighted by Crippen LogP contribution is -2.50. The number of amides is 1. The monoisotopic (exact) mass is 249 g/mol. The predicted octanol–water partition coefficient (Wildman–Crippen LogP) is 1.42. The number of rotatable bonds is 3. The molecule has 0 radical (unpaired) electrons. The summed E-state index contributed by atoms with van der Waals surface area (Å²) in [4.78, 5) is 16.4. The Morgan fingerprint density at radius 1 is 1.56 bits per heavy atom. The molecule has 2 heterocycles. The molecule has 5 heteroatoms. The highest BCUT2D eigenvalue weighted by atomic mass is 16.5. The molecule has 0 aliphatic carbocycles. The van der Waals surface area contributed by atoms with Gasteiger partial charge in [-0.05, 0) is 32.4 Å². The van der Waals surface area contributed by atoms with E-state index in [1.807, 2.05) is 26.0 Å². The summed E-state index contributed by atoms with van der Waals surface area (Å²) in [5.74, 6) is 0.524. The molecule has 0 spiro atoms. The van der Waals surface area contributed by atoms with Crippen molar-refractivity contribution in [2.24, 2.45) is 0 Å². The lowest BCUT2D eigenvalue weighted by atomic mass is 9.94. The number of ether oxygens (including phenoxy) is 1. The van der Waals surface area contributed by atoms with Crippen molar-refractivity contribution in [2.45, 2.75) is 31.9 Å². The van der Waals surface area contributed by atoms with Crippen LogP contribution in [0.5, 0.6) is 0 Å². The van der Waals surface area contributed by atoms with Crippen molar-refractivity contribution in [1.29, 1.82) is 0 Å². The van der Waals surface area contributed by atoms with Gasteiger partial charge in [0.15, 0.2) is 0 Å². The first-order chi connectivity index (χ1) is 8.55. The van der Waals surface area contributed by atoms with E-state index in [4.69, 9.17) is 4.74 Å². The third-order valence-electron chi connectivity index (χ3n) is 3.52. The molecule has 0 bridgehead atoms. The largest absolute Gasteiger partial charge is 0.376 e. The number of carbonyl (C=O) groups is 1. The molecule has 1 aromatic rings. The summed E-state index contributed by atoms with van der Waals surface area (Å²) in [7, 11) is 1.78. The van der Waals surface area contributed by atoms with Crippen LogP contribution in [-0.2, 0) is 4.74 Å². The zero-order chi connectivity index (χ0) is 13.2. The van der Waals surface area contributed by atoms with Crippen molar-refractivity contribution in [1.82, 2.24) is 10.3 Å². The molecule has 2 atom stereocenters. The summed E-state index contributed by atoms with van der Waals surface area (Å²) in [6.45, 7) is 4.66. The number of hydrogen-bond donors (Lipinski definition) is 2. The fraction of sp³-hybridized carbons (Fsp3) is 0.538. The van der Waals surface area contributed by atoms with Crippen LogP contribution in [0.1, 0.15) is 30.8 Å². The number of pyridine rings is 1. The Morgan fingerprint density at radius 2 is 2.33 bits per heavy atom. The van der Waals surface area contributed by atoms with Crippen molar-refractivity contribution < 1.29 is 9.53 Å². The number of anilines is 1. The van der Waals surface area contributed by atoms with E-state index < -0.39 is 0 Å². The first-order valence-corrected chi connectivity index (χ1v) is 6.14. The molecule has 1 aliphatic rings. The average Bonchev–Trinajstić information content (AvgIpc) is 2.69. The normalized spacial score (nSPS) is 26.9. The summed E-state index contributed by atoms with van der Waals surface area (Å²) >= 11 is 0. The second-order valence-corrected chi connectivity index (χ2v) is 4.79. The van der Waals surface area contributed by atoms with Crippen LogP contribution in [0.15, 0.2) is 18.2 Å². The molecule has 2 unspecified atom stereocenters. The van der Waals surface area contributed by atoms with Crippen LogP contribution < -0.4 is 10.6 Å². The van der Waals surface area contributed by atoms with E-state index in [-0.39, 0.29) is 17.6 Å². The van der Waals surface area contributed by atoms with Crippen LogP contribution in [0, 0.1) is 0 Å². The van der Waals surface area contributed by atoms with Crippen molar-refractivity contribution >= 4 is 11.7 Å². The van der Waals surface area contributed by atoms with E-state index >= 15 is 0 Å². The summed E-state index contributed by atoms with van der Waals surface area (Å²) in [6, 6.07) is 5.34. The Balaban J connectivity index is 2.12. The molecule has 2 rings (SSSR count). The van der Waals surface area contributed by atoms with Crippen LogP contribution in [0.3, 0.4) is 0 Å². The van der Waals surface area contributed by atoms with Gasteiger partial charge >= 0.3 is 0 Å². The topological polar surface area (TPSA) is 63.2 Å². The molecule has 1 fully saturated rings. The van der Waals surface area contributed by atoms with Crippen LogP contribution in [0.25, 0.3) is 0 Å². The van der Waals surface area contributed by atoms with Gasteiger partial charge in [0.25, 0.3) is 5.91 Å². The lowest BCUT2D eigenvalue weighted by molar-refractivity contribution is 0.0724. The van der Waals surface area contributed by atoms with Crippen molar-refractivity contribution in [2.75, 3.05) is 19.0 Å². The number of hydrogen-bond acceptors (Lipinski definition) is 4. The van der Waals surface area contributed by atoms with Crippen molar-refractivity contribution in [3.63, 3.8) is 0 Å². The van der Waals surface area contributed by atoms with Gasteiger partial charge in [-0.2, -0.15) is 0 Å². The van der Waals surface area contributed by atoms with Gasteiger partial charge in [-0.1, -0.05) is 6.07 Å².